The second kappa shape index (κ2) is 15.8. The number of para-hydroxylation sites is 1. The zero-order valence-corrected chi connectivity index (χ0v) is 23.5. The summed E-state index contributed by atoms with van der Waals surface area (Å²) in [5.41, 5.74) is 2.19. The van der Waals surface area contributed by atoms with Crippen molar-refractivity contribution in [1.82, 2.24) is 10.2 Å². The Morgan fingerprint density at radius 2 is 1.73 bits per heavy atom. The van der Waals surface area contributed by atoms with Gasteiger partial charge in [0.15, 0.2) is 0 Å². The number of rotatable bonds is 15. The molecule has 0 radical (unpaired) electrons. The van der Waals surface area contributed by atoms with E-state index in [2.05, 4.69) is 17.4 Å². The maximum Gasteiger partial charge on any atom is 0.407 e. The van der Waals surface area contributed by atoms with Crippen LogP contribution in [0.3, 0.4) is 0 Å². The van der Waals surface area contributed by atoms with Crippen LogP contribution in [0.25, 0.3) is 0 Å². The van der Waals surface area contributed by atoms with Crippen molar-refractivity contribution in [3.05, 3.63) is 89.7 Å². The number of amides is 1. The molecule has 0 spiro atoms. The van der Waals surface area contributed by atoms with Crippen LogP contribution < -0.4 is 19.5 Å². The van der Waals surface area contributed by atoms with Crippen molar-refractivity contribution in [3.63, 3.8) is 0 Å². The average Bonchev–Trinajstić information content (AvgIpc) is 2.99. The Morgan fingerprint density at radius 3 is 2.51 bits per heavy atom. The number of carbonyl (C=O) groups is 1. The van der Waals surface area contributed by atoms with Crippen LogP contribution in [0, 0.1) is 5.82 Å². The molecule has 2 unspecified atom stereocenters. The molecule has 3 aromatic rings. The average molecular weight is 567 g/mol. The van der Waals surface area contributed by atoms with Gasteiger partial charge in [0.2, 0.25) is 0 Å². The van der Waals surface area contributed by atoms with Crippen molar-refractivity contribution in [2.75, 3.05) is 53.1 Å². The van der Waals surface area contributed by atoms with Gasteiger partial charge in [-0.25, -0.2) is 9.18 Å². The number of piperidine rings is 1. The molecule has 220 valence electrons. The molecule has 1 heterocycles. The minimum atomic E-state index is -0.945. The topological polar surface area (TPSA) is 89.5 Å². The third-order valence-corrected chi connectivity index (χ3v) is 7.05. The summed E-state index contributed by atoms with van der Waals surface area (Å²) in [6.45, 7) is 3.92. The third-order valence-electron chi connectivity index (χ3n) is 7.05. The Morgan fingerprint density at radius 1 is 0.951 bits per heavy atom. The van der Waals surface area contributed by atoms with Gasteiger partial charge in [-0.05, 0) is 60.8 Å². The highest BCUT2D eigenvalue weighted by Crippen LogP contribution is 2.29. The molecule has 8 nitrogen and oxygen atoms in total. The lowest BCUT2D eigenvalue weighted by atomic mass is 9.88. The Kier molecular flexibility index (Phi) is 11.6. The van der Waals surface area contributed by atoms with Crippen LogP contribution in [-0.4, -0.2) is 75.3 Å². The maximum absolute atomic E-state index is 13.2. The molecule has 1 fully saturated rings. The van der Waals surface area contributed by atoms with Gasteiger partial charge < -0.3 is 34.3 Å². The number of hydrogen-bond donors (Lipinski definition) is 2. The largest absolute Gasteiger partial charge is 0.493 e. The van der Waals surface area contributed by atoms with Crippen LogP contribution >= 0.6 is 0 Å². The van der Waals surface area contributed by atoms with Gasteiger partial charge in [0.05, 0.1) is 25.9 Å². The maximum atomic E-state index is 13.2. The van der Waals surface area contributed by atoms with E-state index in [-0.39, 0.29) is 17.8 Å². The van der Waals surface area contributed by atoms with Crippen LogP contribution in [-0.2, 0) is 11.2 Å². The molecule has 4 rings (SSSR count). The lowest BCUT2D eigenvalue weighted by Crippen LogP contribution is -2.41. The SMILES string of the molecule is CN(CCc1ccccc1OCCOC1CNCCC1c1ccc(OCCCOc2cccc(F)c2)cc1)C(=O)O. The van der Waals surface area contributed by atoms with Crippen molar-refractivity contribution < 1.29 is 33.2 Å². The molecule has 41 heavy (non-hydrogen) atoms. The van der Waals surface area contributed by atoms with Crippen molar-refractivity contribution in [3.8, 4) is 17.2 Å². The first-order valence-corrected chi connectivity index (χ1v) is 14.1. The molecule has 1 aliphatic rings. The fourth-order valence-corrected chi connectivity index (χ4v) is 4.78. The van der Waals surface area contributed by atoms with Crippen molar-refractivity contribution in [2.24, 2.45) is 0 Å². The van der Waals surface area contributed by atoms with Crippen molar-refractivity contribution >= 4 is 6.09 Å². The number of ether oxygens (including phenoxy) is 4. The van der Waals surface area contributed by atoms with Gasteiger partial charge in [-0.2, -0.15) is 0 Å². The fourth-order valence-electron chi connectivity index (χ4n) is 4.78. The Labute approximate surface area is 241 Å². The van der Waals surface area contributed by atoms with Gasteiger partial charge in [-0.15, -0.1) is 0 Å². The summed E-state index contributed by atoms with van der Waals surface area (Å²) in [5.74, 6) is 2.03. The zero-order valence-electron chi connectivity index (χ0n) is 23.5. The van der Waals surface area contributed by atoms with Crippen LogP contribution in [0.15, 0.2) is 72.8 Å². The van der Waals surface area contributed by atoms with Gasteiger partial charge in [0.25, 0.3) is 0 Å². The normalized spacial score (nSPS) is 16.6. The van der Waals surface area contributed by atoms with E-state index in [0.717, 1.165) is 36.6 Å². The molecule has 2 N–H and O–H groups in total. The number of likely N-dealkylation sites (N-methyl/N-ethyl adjacent to an activating group) is 1. The molecule has 1 amide bonds. The molecular formula is C32H39FN2O6. The lowest BCUT2D eigenvalue weighted by Gasteiger charge is -2.32. The minimum absolute atomic E-state index is 0.0264. The van der Waals surface area contributed by atoms with Gasteiger partial charge >= 0.3 is 6.09 Å². The lowest BCUT2D eigenvalue weighted by molar-refractivity contribution is 0.00720. The zero-order chi connectivity index (χ0) is 28.9. The predicted molar refractivity (Wildman–Crippen MR) is 155 cm³/mol. The summed E-state index contributed by atoms with van der Waals surface area (Å²) < 4.78 is 36.9. The Hall–Kier alpha value is -3.82. The molecule has 1 saturated heterocycles. The standard InChI is InChI=1S/C32H39FN2O6/c1-35(32(36)37)17-15-25-6-2-3-9-30(25)40-20-21-41-31-23-34-16-14-29(31)24-10-12-27(13-11-24)38-18-5-19-39-28-8-4-7-26(33)22-28/h2-4,6-13,22,29,31,34H,5,14-21,23H2,1H3,(H,36,37). The van der Waals surface area contributed by atoms with Gasteiger partial charge in [-0.1, -0.05) is 36.4 Å². The molecule has 0 aromatic heterocycles. The highest BCUT2D eigenvalue weighted by molar-refractivity contribution is 5.64. The van der Waals surface area contributed by atoms with Gasteiger partial charge in [0, 0.05) is 38.5 Å². The molecule has 0 saturated carbocycles. The molecular weight excluding hydrogens is 527 g/mol. The number of nitrogens with zero attached hydrogens (tertiary/aromatic N) is 1. The Balaban J connectivity index is 1.19. The highest BCUT2D eigenvalue weighted by atomic mass is 19.1. The number of benzene rings is 3. The summed E-state index contributed by atoms with van der Waals surface area (Å²) in [5, 5.41) is 12.5. The van der Waals surface area contributed by atoms with Crippen LogP contribution in [0.1, 0.15) is 29.9 Å². The highest BCUT2D eigenvalue weighted by Gasteiger charge is 2.27. The number of nitrogens with one attached hydrogen (secondary N) is 1. The summed E-state index contributed by atoms with van der Waals surface area (Å²) >= 11 is 0. The van der Waals surface area contributed by atoms with E-state index in [9.17, 15) is 9.18 Å². The van der Waals surface area contributed by atoms with E-state index in [1.54, 1.807) is 19.2 Å². The van der Waals surface area contributed by atoms with Gasteiger partial charge in [0.1, 0.15) is 29.7 Å². The van der Waals surface area contributed by atoms with Crippen molar-refractivity contribution in [2.45, 2.75) is 31.3 Å². The molecule has 0 aliphatic carbocycles. The van der Waals surface area contributed by atoms with Crippen LogP contribution in [0.2, 0.25) is 0 Å². The van der Waals surface area contributed by atoms with Gasteiger partial charge in [-0.3, -0.25) is 0 Å². The first kappa shape index (κ1) is 30.1. The van der Waals surface area contributed by atoms with E-state index in [1.807, 2.05) is 36.4 Å². The molecule has 2 atom stereocenters. The van der Waals surface area contributed by atoms with Crippen LogP contribution in [0.4, 0.5) is 9.18 Å². The molecule has 3 aromatic carbocycles. The summed E-state index contributed by atoms with van der Waals surface area (Å²) in [6, 6.07) is 22.0. The smallest absolute Gasteiger partial charge is 0.407 e. The Bertz CT molecular complexity index is 1220. The number of halogens is 1. The first-order valence-electron chi connectivity index (χ1n) is 14.1. The van der Waals surface area contributed by atoms with E-state index in [4.69, 9.17) is 24.1 Å². The second-order valence-corrected chi connectivity index (χ2v) is 10.00. The van der Waals surface area contributed by atoms with E-state index >= 15 is 0 Å². The third kappa shape index (κ3) is 9.65. The monoisotopic (exact) mass is 566 g/mol. The summed E-state index contributed by atoms with van der Waals surface area (Å²) in [6.07, 6.45) is 1.33. The first-order chi connectivity index (χ1) is 20.0. The van der Waals surface area contributed by atoms with Crippen molar-refractivity contribution in [1.29, 1.82) is 0 Å². The summed E-state index contributed by atoms with van der Waals surface area (Å²) in [7, 11) is 1.56. The van der Waals surface area contributed by atoms with E-state index < -0.39 is 6.09 Å². The second-order valence-electron chi connectivity index (χ2n) is 10.00. The molecule has 1 aliphatic heterocycles. The predicted octanol–water partition coefficient (Wildman–Crippen LogP) is 5.37. The molecule has 9 heteroatoms. The minimum Gasteiger partial charge on any atom is -0.493 e. The van der Waals surface area contributed by atoms with Crippen LogP contribution in [0.5, 0.6) is 17.2 Å². The molecule has 0 bridgehead atoms. The summed E-state index contributed by atoms with van der Waals surface area (Å²) in [4.78, 5) is 12.3. The van der Waals surface area contributed by atoms with E-state index in [0.29, 0.717) is 51.6 Å². The fraction of sp³-hybridized carbons (Fsp3) is 0.406. The number of hydrogen-bond acceptors (Lipinski definition) is 6. The quantitative estimate of drug-likeness (QED) is 0.239. The van der Waals surface area contributed by atoms with E-state index in [1.165, 1.54) is 22.6 Å². The number of carboxylic acid groups (broad SMARTS) is 1.